The zero-order chi connectivity index (χ0) is 21.4. The third-order valence-electron chi connectivity index (χ3n) is 6.40. The molecular weight excluding hydrogens is 420 g/mol. The van der Waals surface area contributed by atoms with E-state index in [0.717, 1.165) is 61.0 Å². The molecule has 2 aromatic carbocycles. The Morgan fingerprint density at radius 3 is 2.47 bits per heavy atom. The Bertz CT molecular complexity index is 1040. The molecule has 0 radical (unpaired) electrons. The molecule has 7 heteroatoms. The van der Waals surface area contributed by atoms with Gasteiger partial charge in [0.1, 0.15) is 0 Å². The van der Waals surface area contributed by atoms with Crippen LogP contribution in [-0.2, 0) is 26.7 Å². The first-order valence-electron chi connectivity index (χ1n) is 10.6. The molecule has 0 bridgehead atoms. The highest BCUT2D eigenvalue weighted by molar-refractivity contribution is 7.92. The van der Waals surface area contributed by atoms with E-state index in [4.69, 9.17) is 11.6 Å². The van der Waals surface area contributed by atoms with E-state index in [0.29, 0.717) is 11.6 Å². The van der Waals surface area contributed by atoms with Crippen LogP contribution in [0.15, 0.2) is 42.5 Å². The van der Waals surface area contributed by atoms with Crippen molar-refractivity contribution in [3.63, 3.8) is 0 Å². The minimum atomic E-state index is -3.30. The van der Waals surface area contributed by atoms with Crippen molar-refractivity contribution in [1.29, 1.82) is 0 Å². The zero-order valence-electron chi connectivity index (χ0n) is 17.2. The molecule has 0 aromatic heterocycles. The van der Waals surface area contributed by atoms with Crippen LogP contribution < -0.4 is 9.62 Å². The molecule has 1 saturated carbocycles. The number of anilines is 2. The molecule has 1 fully saturated rings. The summed E-state index contributed by atoms with van der Waals surface area (Å²) in [6.07, 6.45) is 5.24. The number of rotatable bonds is 5. The van der Waals surface area contributed by atoms with E-state index < -0.39 is 15.4 Å². The van der Waals surface area contributed by atoms with Gasteiger partial charge in [0.2, 0.25) is 15.9 Å². The van der Waals surface area contributed by atoms with Crippen molar-refractivity contribution in [2.24, 2.45) is 0 Å². The van der Waals surface area contributed by atoms with Gasteiger partial charge in [-0.05, 0) is 74.1 Å². The van der Waals surface area contributed by atoms with Gasteiger partial charge >= 0.3 is 0 Å². The summed E-state index contributed by atoms with van der Waals surface area (Å²) < 4.78 is 26.4. The fourth-order valence-corrected chi connectivity index (χ4v) is 6.05. The number of fused-ring (bicyclic) bond motifs is 1. The molecular formula is C23H27ClN2O3S. The first-order chi connectivity index (χ1) is 14.4. The lowest BCUT2D eigenvalue weighted by molar-refractivity contribution is -0.121. The minimum Gasteiger partial charge on any atom is -0.325 e. The number of hydrogen-bond donors (Lipinski definition) is 1. The predicted octanol–water partition coefficient (Wildman–Crippen LogP) is 4.89. The van der Waals surface area contributed by atoms with Gasteiger partial charge in [0.15, 0.2) is 0 Å². The number of amides is 1. The van der Waals surface area contributed by atoms with Crippen LogP contribution >= 0.6 is 11.6 Å². The first-order valence-corrected chi connectivity index (χ1v) is 12.6. The average Bonchev–Trinajstić information content (AvgIpc) is 3.25. The Labute approximate surface area is 183 Å². The highest BCUT2D eigenvalue weighted by atomic mass is 35.5. The fourth-order valence-electron chi connectivity index (χ4n) is 4.73. The first kappa shape index (κ1) is 21.2. The third-order valence-corrected chi connectivity index (χ3v) is 8.43. The summed E-state index contributed by atoms with van der Waals surface area (Å²) in [6.45, 7) is 2.17. The molecule has 1 aliphatic heterocycles. The van der Waals surface area contributed by atoms with E-state index in [1.54, 1.807) is 6.92 Å². The largest absolute Gasteiger partial charge is 0.325 e. The molecule has 1 heterocycles. The summed E-state index contributed by atoms with van der Waals surface area (Å²) in [4.78, 5) is 13.4. The SMILES string of the molecule is CCS(=O)(=O)N1CCCc2cc(NC(=O)C3(c4ccc(Cl)cc4)CCCC3)ccc21. The Morgan fingerprint density at radius 2 is 1.80 bits per heavy atom. The molecule has 1 N–H and O–H groups in total. The van der Waals surface area contributed by atoms with Crippen LogP contribution in [0.4, 0.5) is 11.4 Å². The molecule has 0 unspecified atom stereocenters. The van der Waals surface area contributed by atoms with Crippen molar-refractivity contribution in [3.8, 4) is 0 Å². The molecule has 1 aliphatic carbocycles. The van der Waals surface area contributed by atoms with E-state index in [1.807, 2.05) is 42.5 Å². The molecule has 4 rings (SSSR count). The van der Waals surface area contributed by atoms with Gasteiger partial charge in [-0.15, -0.1) is 0 Å². The van der Waals surface area contributed by atoms with Gasteiger partial charge in [-0.25, -0.2) is 8.42 Å². The highest BCUT2D eigenvalue weighted by Crippen LogP contribution is 2.42. The van der Waals surface area contributed by atoms with Gasteiger partial charge in [-0.3, -0.25) is 9.10 Å². The lowest BCUT2D eigenvalue weighted by Crippen LogP contribution is -2.38. The van der Waals surface area contributed by atoms with E-state index in [2.05, 4.69) is 5.32 Å². The maximum atomic E-state index is 13.4. The number of aryl methyl sites for hydroxylation is 1. The van der Waals surface area contributed by atoms with Crippen molar-refractivity contribution in [3.05, 3.63) is 58.6 Å². The standard InChI is InChI=1S/C23H27ClN2O3S/c1-2-30(28,29)26-15-5-6-17-16-20(11-12-21(17)26)25-22(27)23(13-3-4-14-23)18-7-9-19(24)10-8-18/h7-12,16H,2-6,13-15H2,1H3,(H,25,27). The fraction of sp³-hybridized carbons (Fsp3) is 0.435. The quantitative estimate of drug-likeness (QED) is 0.710. The van der Waals surface area contributed by atoms with E-state index >= 15 is 0 Å². The third kappa shape index (κ3) is 3.83. The van der Waals surface area contributed by atoms with Gasteiger partial charge in [-0.2, -0.15) is 0 Å². The Kier molecular flexibility index (Phi) is 5.82. The molecule has 30 heavy (non-hydrogen) atoms. The van der Waals surface area contributed by atoms with Crippen molar-refractivity contribution in [1.82, 2.24) is 0 Å². The second-order valence-corrected chi connectivity index (χ2v) is 10.8. The van der Waals surface area contributed by atoms with Crippen LogP contribution in [-0.4, -0.2) is 26.6 Å². The second-order valence-electron chi connectivity index (χ2n) is 8.17. The number of benzene rings is 2. The van der Waals surface area contributed by atoms with Crippen LogP contribution in [0.5, 0.6) is 0 Å². The van der Waals surface area contributed by atoms with Gasteiger partial charge in [0.25, 0.3) is 0 Å². The second kappa shape index (κ2) is 8.23. The van der Waals surface area contributed by atoms with Crippen molar-refractivity contribution < 1.29 is 13.2 Å². The van der Waals surface area contributed by atoms with E-state index in [9.17, 15) is 13.2 Å². The molecule has 0 saturated heterocycles. The Hall–Kier alpha value is -2.05. The summed E-state index contributed by atoms with van der Waals surface area (Å²) in [5, 5.41) is 3.78. The molecule has 160 valence electrons. The molecule has 0 spiro atoms. The van der Waals surface area contributed by atoms with Gasteiger partial charge < -0.3 is 5.32 Å². The number of nitrogens with one attached hydrogen (secondary N) is 1. The molecule has 1 amide bonds. The summed E-state index contributed by atoms with van der Waals surface area (Å²) in [5.41, 5.74) is 2.87. The minimum absolute atomic E-state index is 0.00359. The number of nitrogens with zero attached hydrogens (tertiary/aromatic N) is 1. The molecule has 2 aliphatic rings. The normalized spacial score (nSPS) is 18.1. The summed E-state index contributed by atoms with van der Waals surface area (Å²) in [6, 6.07) is 13.1. The number of hydrogen-bond acceptors (Lipinski definition) is 3. The Balaban J connectivity index is 1.61. The topological polar surface area (TPSA) is 66.5 Å². The number of sulfonamides is 1. The van der Waals surface area contributed by atoms with Crippen molar-refractivity contribution in [2.45, 2.75) is 50.9 Å². The zero-order valence-corrected chi connectivity index (χ0v) is 18.7. The average molecular weight is 447 g/mol. The Morgan fingerprint density at radius 1 is 1.10 bits per heavy atom. The number of halogens is 1. The molecule has 0 atom stereocenters. The molecule has 2 aromatic rings. The van der Waals surface area contributed by atoms with Crippen LogP contribution in [0.1, 0.15) is 50.2 Å². The highest BCUT2D eigenvalue weighted by Gasteiger charge is 2.42. The van der Waals surface area contributed by atoms with Crippen molar-refractivity contribution >= 4 is 38.9 Å². The smallest absolute Gasteiger partial charge is 0.235 e. The molecule has 5 nitrogen and oxygen atoms in total. The van der Waals surface area contributed by atoms with Gasteiger partial charge in [0.05, 0.1) is 16.9 Å². The summed E-state index contributed by atoms with van der Waals surface area (Å²) in [7, 11) is -3.30. The maximum absolute atomic E-state index is 13.4. The maximum Gasteiger partial charge on any atom is 0.235 e. The van der Waals surface area contributed by atoms with Gasteiger partial charge in [0, 0.05) is 17.3 Å². The number of carbonyl (C=O) groups is 1. The van der Waals surface area contributed by atoms with Crippen LogP contribution in [0.25, 0.3) is 0 Å². The van der Waals surface area contributed by atoms with Crippen LogP contribution in [0.3, 0.4) is 0 Å². The summed E-state index contributed by atoms with van der Waals surface area (Å²) >= 11 is 6.05. The van der Waals surface area contributed by atoms with E-state index in [1.165, 1.54) is 4.31 Å². The van der Waals surface area contributed by atoms with Crippen LogP contribution in [0, 0.1) is 0 Å². The van der Waals surface area contributed by atoms with Crippen LogP contribution in [0.2, 0.25) is 5.02 Å². The van der Waals surface area contributed by atoms with E-state index in [-0.39, 0.29) is 11.7 Å². The number of carbonyl (C=O) groups excluding carboxylic acids is 1. The lowest BCUT2D eigenvalue weighted by Gasteiger charge is -2.31. The lowest BCUT2D eigenvalue weighted by atomic mass is 9.78. The summed E-state index contributed by atoms with van der Waals surface area (Å²) in [5.74, 6) is 0.0743. The van der Waals surface area contributed by atoms with Crippen molar-refractivity contribution in [2.75, 3.05) is 21.9 Å². The monoisotopic (exact) mass is 446 g/mol. The van der Waals surface area contributed by atoms with Gasteiger partial charge in [-0.1, -0.05) is 36.6 Å². The predicted molar refractivity (Wildman–Crippen MR) is 122 cm³/mol.